The molecule has 0 aromatic heterocycles. The van der Waals surface area contributed by atoms with Crippen LogP contribution in [0.2, 0.25) is 0 Å². The smallest absolute Gasteiger partial charge is 0.339 e. The van der Waals surface area contributed by atoms with Crippen LogP contribution in [-0.4, -0.2) is 31.3 Å². The van der Waals surface area contributed by atoms with Crippen LogP contribution in [0.5, 0.6) is 0 Å². The van der Waals surface area contributed by atoms with Crippen LogP contribution in [0.4, 0.5) is 11.4 Å². The fourth-order valence-electron chi connectivity index (χ4n) is 1.45. The van der Waals surface area contributed by atoms with Crippen LogP contribution in [-0.2, 0) is 4.74 Å². The van der Waals surface area contributed by atoms with Crippen molar-refractivity contribution in [1.29, 1.82) is 5.41 Å². The minimum atomic E-state index is -0.696. The Hall–Kier alpha value is -1.96. The Morgan fingerprint density at radius 1 is 1.67 bits per heavy atom. The fraction of sp³-hybridized carbons (Fsp3) is 0.200. The average molecular weight is 316 g/mol. The van der Waals surface area contributed by atoms with Gasteiger partial charge in [0, 0.05) is 13.3 Å². The number of ether oxygens (including phenoxy) is 1. The number of nitro groups is 1. The second kappa shape index (κ2) is 5.58. The highest BCUT2D eigenvalue weighted by Crippen LogP contribution is 2.36. The molecule has 0 fully saturated rings. The number of esters is 1. The first-order valence-electron chi connectivity index (χ1n) is 4.75. The lowest BCUT2D eigenvalue weighted by atomic mass is 10.1. The molecule has 0 spiro atoms. The van der Waals surface area contributed by atoms with Crippen LogP contribution in [0.25, 0.3) is 0 Å². The molecule has 0 bridgehead atoms. The zero-order valence-corrected chi connectivity index (χ0v) is 11.2. The third kappa shape index (κ3) is 2.33. The van der Waals surface area contributed by atoms with Crippen molar-refractivity contribution in [2.75, 3.05) is 19.5 Å². The largest absolute Gasteiger partial charge is 0.465 e. The maximum atomic E-state index is 11.5. The molecule has 0 saturated heterocycles. The highest BCUT2D eigenvalue weighted by atomic mass is 79.9. The summed E-state index contributed by atoms with van der Waals surface area (Å²) in [5.41, 5.74) is 0.0683. The van der Waals surface area contributed by atoms with Gasteiger partial charge in [-0.15, -0.1) is 0 Å². The summed E-state index contributed by atoms with van der Waals surface area (Å²) in [6.45, 7) is 0. The molecule has 2 N–H and O–H groups in total. The number of carbonyl (C=O) groups excluding carboxylic acids is 1. The van der Waals surface area contributed by atoms with Crippen molar-refractivity contribution >= 4 is 39.5 Å². The van der Waals surface area contributed by atoms with Crippen molar-refractivity contribution in [2.24, 2.45) is 0 Å². The van der Waals surface area contributed by atoms with Crippen molar-refractivity contribution in [3.05, 3.63) is 31.8 Å². The molecule has 1 aromatic carbocycles. The van der Waals surface area contributed by atoms with Crippen molar-refractivity contribution in [2.45, 2.75) is 0 Å². The molecule has 0 aliphatic carbocycles. The van der Waals surface area contributed by atoms with Crippen molar-refractivity contribution < 1.29 is 14.5 Å². The lowest BCUT2D eigenvalue weighted by Crippen LogP contribution is -2.09. The predicted molar refractivity (Wildman–Crippen MR) is 69.6 cm³/mol. The van der Waals surface area contributed by atoms with Gasteiger partial charge in [-0.25, -0.2) is 4.79 Å². The van der Waals surface area contributed by atoms with Crippen LogP contribution < -0.4 is 5.32 Å². The maximum Gasteiger partial charge on any atom is 0.339 e. The highest BCUT2D eigenvalue weighted by Gasteiger charge is 2.27. The molecule has 0 amide bonds. The second-order valence-corrected chi connectivity index (χ2v) is 3.98. The number of methoxy groups -OCH3 is 1. The number of benzene rings is 1. The van der Waals surface area contributed by atoms with Gasteiger partial charge in [0.05, 0.1) is 28.8 Å². The lowest BCUT2D eigenvalue weighted by Gasteiger charge is -2.10. The number of nitro benzene ring substituents is 1. The molecular weight excluding hydrogens is 306 g/mol. The van der Waals surface area contributed by atoms with Gasteiger partial charge in [0.2, 0.25) is 0 Å². The average Bonchev–Trinajstić information content (AvgIpc) is 2.36. The molecule has 0 atom stereocenters. The monoisotopic (exact) mass is 315 g/mol. The van der Waals surface area contributed by atoms with Crippen LogP contribution in [0.3, 0.4) is 0 Å². The van der Waals surface area contributed by atoms with Crippen LogP contribution in [0, 0.1) is 15.5 Å². The molecule has 1 aromatic rings. The van der Waals surface area contributed by atoms with Gasteiger partial charge in [-0.3, -0.25) is 10.1 Å². The van der Waals surface area contributed by atoms with E-state index in [4.69, 9.17) is 5.41 Å². The van der Waals surface area contributed by atoms with E-state index in [1.54, 1.807) is 7.05 Å². The van der Waals surface area contributed by atoms with Crippen molar-refractivity contribution in [3.8, 4) is 0 Å². The number of hydrogen-bond donors (Lipinski definition) is 2. The summed E-state index contributed by atoms with van der Waals surface area (Å²) in [6, 6.07) is 1.39. The standard InChI is InChI=1S/C10H10BrN3O4/c1-13-7-3-5(10(15)18-2)8(11)9(14(16)17)6(7)4-12/h3-4,12-13H,1-2H3. The minimum absolute atomic E-state index is 0.00292. The van der Waals surface area contributed by atoms with Gasteiger partial charge >= 0.3 is 5.97 Å². The third-order valence-corrected chi connectivity index (χ3v) is 3.08. The first-order valence-corrected chi connectivity index (χ1v) is 5.54. The van der Waals surface area contributed by atoms with E-state index in [1.807, 2.05) is 0 Å². The molecule has 0 radical (unpaired) electrons. The highest BCUT2D eigenvalue weighted by molar-refractivity contribution is 9.10. The molecule has 0 aliphatic heterocycles. The minimum Gasteiger partial charge on any atom is -0.465 e. The second-order valence-electron chi connectivity index (χ2n) is 3.19. The Bertz CT molecular complexity index is 530. The van der Waals surface area contributed by atoms with E-state index < -0.39 is 10.9 Å². The number of anilines is 1. The Kier molecular flexibility index (Phi) is 4.38. The van der Waals surface area contributed by atoms with E-state index in [0.29, 0.717) is 5.69 Å². The van der Waals surface area contributed by atoms with E-state index >= 15 is 0 Å². The number of carbonyl (C=O) groups is 1. The van der Waals surface area contributed by atoms with E-state index in [9.17, 15) is 14.9 Å². The molecule has 0 aliphatic rings. The summed E-state index contributed by atoms with van der Waals surface area (Å²) in [4.78, 5) is 21.9. The summed E-state index contributed by atoms with van der Waals surface area (Å²) in [5, 5.41) is 21.0. The topological polar surface area (TPSA) is 105 Å². The van der Waals surface area contributed by atoms with Crippen LogP contribution in [0.15, 0.2) is 10.5 Å². The quantitative estimate of drug-likeness (QED) is 0.383. The Balaban J connectivity index is 3.70. The third-order valence-electron chi connectivity index (χ3n) is 2.28. The lowest BCUT2D eigenvalue weighted by molar-refractivity contribution is -0.385. The van der Waals surface area contributed by atoms with Crippen LogP contribution >= 0.6 is 15.9 Å². The zero-order chi connectivity index (χ0) is 13.9. The summed E-state index contributed by atoms with van der Waals surface area (Å²) in [7, 11) is 2.73. The van der Waals surface area contributed by atoms with E-state index in [1.165, 1.54) is 13.2 Å². The molecule has 0 unspecified atom stereocenters. The summed E-state index contributed by atoms with van der Waals surface area (Å²) in [5.74, 6) is -0.696. The van der Waals surface area contributed by atoms with Gasteiger partial charge in [0.15, 0.2) is 0 Å². The van der Waals surface area contributed by atoms with Crippen molar-refractivity contribution in [3.63, 3.8) is 0 Å². The summed E-state index contributed by atoms with van der Waals surface area (Å²) < 4.78 is 4.55. The molecule has 18 heavy (non-hydrogen) atoms. The number of nitrogens with zero attached hydrogens (tertiary/aromatic N) is 1. The first-order chi connectivity index (χ1) is 8.47. The molecular formula is C10H10BrN3O4. The molecule has 1 rings (SSSR count). The fourth-order valence-corrected chi connectivity index (χ4v) is 2.08. The molecule has 0 saturated carbocycles. The first kappa shape index (κ1) is 14.1. The predicted octanol–water partition coefficient (Wildman–Crippen LogP) is 2.18. The van der Waals surface area contributed by atoms with Crippen molar-refractivity contribution in [1.82, 2.24) is 0 Å². The van der Waals surface area contributed by atoms with Gasteiger partial charge < -0.3 is 15.5 Å². The van der Waals surface area contributed by atoms with Gasteiger partial charge in [-0.2, -0.15) is 0 Å². The number of halogens is 1. The Morgan fingerprint density at radius 2 is 2.28 bits per heavy atom. The normalized spacial score (nSPS) is 9.72. The number of rotatable bonds is 4. The SMILES string of the molecule is CNc1cc(C(=O)OC)c(Br)c([N+](=O)[O-])c1C=N. The molecule has 7 nitrogen and oxygen atoms in total. The van der Waals surface area contributed by atoms with Gasteiger partial charge in [0.25, 0.3) is 5.69 Å². The summed E-state index contributed by atoms with van der Waals surface area (Å²) in [6.07, 6.45) is 0.857. The van der Waals surface area contributed by atoms with E-state index in [2.05, 4.69) is 26.0 Å². The van der Waals surface area contributed by atoms with E-state index in [-0.39, 0.29) is 21.3 Å². The molecule has 0 heterocycles. The number of hydrogen-bond acceptors (Lipinski definition) is 6. The summed E-state index contributed by atoms with van der Waals surface area (Å²) >= 11 is 3.00. The maximum absolute atomic E-state index is 11.5. The van der Waals surface area contributed by atoms with Gasteiger partial charge in [-0.1, -0.05) is 0 Å². The van der Waals surface area contributed by atoms with Crippen LogP contribution in [0.1, 0.15) is 15.9 Å². The van der Waals surface area contributed by atoms with Gasteiger partial charge in [0.1, 0.15) is 4.47 Å². The number of nitrogens with one attached hydrogen (secondary N) is 2. The van der Waals surface area contributed by atoms with E-state index in [0.717, 1.165) is 6.21 Å². The zero-order valence-electron chi connectivity index (χ0n) is 9.61. The molecule has 8 heteroatoms. The Labute approximate surface area is 111 Å². The Morgan fingerprint density at radius 3 is 2.67 bits per heavy atom. The van der Waals surface area contributed by atoms with Gasteiger partial charge in [-0.05, 0) is 22.0 Å². The molecule has 96 valence electrons.